The monoisotopic (exact) mass is 1490 g/mol. The minimum absolute atomic E-state index is 0.0258. The van der Waals surface area contributed by atoms with Crippen LogP contribution in [-0.2, 0) is 65.4 Å². The highest BCUT2D eigenvalue weighted by Crippen LogP contribution is 2.45. The lowest BCUT2D eigenvalue weighted by molar-refractivity contribution is -0.161. The molecule has 0 rings (SSSR count). The van der Waals surface area contributed by atoms with Crippen molar-refractivity contribution in [1.82, 2.24) is 0 Å². The zero-order valence-electron chi connectivity index (χ0n) is 64.4. The van der Waals surface area contributed by atoms with Gasteiger partial charge in [-0.05, 0) is 161 Å². The van der Waals surface area contributed by atoms with Crippen LogP contribution in [0.3, 0.4) is 0 Å². The molecule has 5 unspecified atom stereocenters. The molecule has 0 bridgehead atoms. The Kier molecular flexibility index (Phi) is 71.6. The summed E-state index contributed by atoms with van der Waals surface area (Å²) in [6, 6.07) is 0. The molecule has 0 aliphatic heterocycles. The average molecular weight is 1490 g/mol. The number of aliphatic hydroxyl groups excluding tert-OH is 1. The summed E-state index contributed by atoms with van der Waals surface area (Å²) < 4.78 is 68.5. The Labute approximate surface area is 629 Å². The number of aliphatic hydroxyl groups is 1. The van der Waals surface area contributed by atoms with Gasteiger partial charge in [0.1, 0.15) is 19.3 Å². The normalized spacial score (nSPS) is 14.8. The van der Waals surface area contributed by atoms with E-state index in [2.05, 4.69) is 180 Å². The van der Waals surface area contributed by atoms with Gasteiger partial charge in [0.15, 0.2) is 12.2 Å². The first kappa shape index (κ1) is 98.4. The van der Waals surface area contributed by atoms with Crippen LogP contribution in [0.1, 0.15) is 285 Å². The van der Waals surface area contributed by atoms with Gasteiger partial charge in [0.2, 0.25) is 0 Å². The third kappa shape index (κ3) is 74.7. The molecule has 0 amide bonds. The van der Waals surface area contributed by atoms with Gasteiger partial charge in [0, 0.05) is 25.7 Å². The van der Waals surface area contributed by atoms with Crippen LogP contribution in [0.2, 0.25) is 0 Å². The fourth-order valence-corrected chi connectivity index (χ4v) is 11.4. The SMILES string of the molecule is CC/C=C\C/C=C\C/C=C\C/C=C\C/C=C\C/C=C\CCC(=O)OCC(COP(=O)(O)OCC(O)COP(=O)(O)OCC(COC(=O)CCCCCCC/C=C\C/C=C\C/C=C\CC)OC(=O)CCCCCCC/C=C\C/C=C\CCCCC)OC(=O)CCCCCCC/C=C\C/C=C\C/C=C\CC. The molecule has 0 saturated heterocycles. The van der Waals surface area contributed by atoms with Crippen molar-refractivity contribution in [2.45, 2.75) is 303 Å². The Hall–Kier alpha value is -5.58. The van der Waals surface area contributed by atoms with E-state index >= 15 is 0 Å². The molecule has 0 radical (unpaired) electrons. The second kappa shape index (κ2) is 75.6. The number of rotatable bonds is 72. The van der Waals surface area contributed by atoms with E-state index in [0.717, 1.165) is 180 Å². The summed E-state index contributed by atoms with van der Waals surface area (Å²) in [5.74, 6) is -2.34. The number of phosphoric acid groups is 2. The van der Waals surface area contributed by atoms with Gasteiger partial charge in [0.25, 0.3) is 0 Å². The van der Waals surface area contributed by atoms with Crippen molar-refractivity contribution in [3.05, 3.63) is 170 Å². The number of hydrogen-bond acceptors (Lipinski definition) is 15. The van der Waals surface area contributed by atoms with Crippen LogP contribution in [0, 0.1) is 0 Å². The molecular formula is C85H138O17P2. The number of esters is 4. The van der Waals surface area contributed by atoms with E-state index in [0.29, 0.717) is 32.1 Å². The first-order valence-electron chi connectivity index (χ1n) is 39.4. The molecule has 17 nitrogen and oxygen atoms in total. The molecule has 104 heavy (non-hydrogen) atoms. The highest BCUT2D eigenvalue weighted by Gasteiger charge is 2.30. The molecule has 0 aromatic rings. The van der Waals surface area contributed by atoms with Gasteiger partial charge in [-0.15, -0.1) is 0 Å². The zero-order valence-corrected chi connectivity index (χ0v) is 66.2. The zero-order chi connectivity index (χ0) is 76.0. The average Bonchev–Trinajstić information content (AvgIpc) is 0.918. The van der Waals surface area contributed by atoms with Gasteiger partial charge in [0.05, 0.1) is 26.4 Å². The first-order valence-corrected chi connectivity index (χ1v) is 42.4. The summed E-state index contributed by atoms with van der Waals surface area (Å²) in [5, 5.41) is 10.6. The molecule has 0 aliphatic rings. The lowest BCUT2D eigenvalue weighted by atomic mass is 10.1. The molecule has 3 N–H and O–H groups in total. The molecule has 19 heteroatoms. The first-order chi connectivity index (χ1) is 50.7. The number of hydrogen-bond donors (Lipinski definition) is 3. The van der Waals surface area contributed by atoms with Crippen LogP contribution in [0.4, 0.5) is 0 Å². The van der Waals surface area contributed by atoms with Crippen molar-refractivity contribution in [2.75, 3.05) is 39.6 Å². The topological polar surface area (TPSA) is 237 Å². The largest absolute Gasteiger partial charge is 0.472 e. The Balaban J connectivity index is 5.48. The number of carbonyl (C=O) groups is 4. The number of allylic oxidation sites excluding steroid dienone is 28. The molecule has 0 aromatic heterocycles. The summed E-state index contributed by atoms with van der Waals surface area (Å²) in [4.78, 5) is 73.0. The van der Waals surface area contributed by atoms with Gasteiger partial charge in [-0.1, -0.05) is 268 Å². The smallest absolute Gasteiger partial charge is 0.462 e. The molecule has 590 valence electrons. The molecule has 0 aliphatic carbocycles. The third-order valence-electron chi connectivity index (χ3n) is 15.7. The number of unbranched alkanes of at least 4 members (excludes halogenated alkanes) is 18. The lowest BCUT2D eigenvalue weighted by Gasteiger charge is -2.21. The maximum absolute atomic E-state index is 13.1. The quantitative estimate of drug-likeness (QED) is 0.0169. The molecule has 0 aromatic carbocycles. The molecule has 0 fully saturated rings. The Bertz CT molecular complexity index is 2640. The van der Waals surface area contributed by atoms with Crippen LogP contribution < -0.4 is 0 Å². The van der Waals surface area contributed by atoms with Gasteiger partial charge in [-0.25, -0.2) is 9.13 Å². The van der Waals surface area contributed by atoms with Crippen molar-refractivity contribution < 1.29 is 80.2 Å². The predicted octanol–water partition coefficient (Wildman–Crippen LogP) is 23.0. The van der Waals surface area contributed by atoms with Gasteiger partial charge in [-0.3, -0.25) is 37.3 Å². The van der Waals surface area contributed by atoms with Crippen LogP contribution in [0.5, 0.6) is 0 Å². The molecule has 5 atom stereocenters. The van der Waals surface area contributed by atoms with Crippen molar-refractivity contribution in [3.8, 4) is 0 Å². The maximum Gasteiger partial charge on any atom is 0.472 e. The molecular weight excluding hydrogens is 1350 g/mol. The van der Waals surface area contributed by atoms with E-state index in [1.54, 1.807) is 0 Å². The lowest BCUT2D eigenvalue weighted by Crippen LogP contribution is -2.30. The maximum atomic E-state index is 13.1. The summed E-state index contributed by atoms with van der Waals surface area (Å²) in [7, 11) is -10.0. The van der Waals surface area contributed by atoms with Gasteiger partial charge >= 0.3 is 39.5 Å². The van der Waals surface area contributed by atoms with E-state index in [1.165, 1.54) is 19.3 Å². The third-order valence-corrected chi connectivity index (χ3v) is 17.6. The van der Waals surface area contributed by atoms with Crippen LogP contribution in [0.15, 0.2) is 170 Å². The fraction of sp³-hybridized carbons (Fsp3) is 0.624. The highest BCUT2D eigenvalue weighted by molar-refractivity contribution is 7.47. The molecule has 0 spiro atoms. The summed E-state index contributed by atoms with van der Waals surface area (Å²) in [5.41, 5.74) is 0. The van der Waals surface area contributed by atoms with Crippen molar-refractivity contribution >= 4 is 39.5 Å². The van der Waals surface area contributed by atoms with Crippen molar-refractivity contribution in [1.29, 1.82) is 0 Å². The Morgan fingerprint density at radius 3 is 0.827 bits per heavy atom. The van der Waals surface area contributed by atoms with Crippen LogP contribution in [0.25, 0.3) is 0 Å². The van der Waals surface area contributed by atoms with Crippen LogP contribution >= 0.6 is 15.6 Å². The number of phosphoric ester groups is 2. The van der Waals surface area contributed by atoms with Crippen LogP contribution in [-0.4, -0.2) is 96.7 Å². The van der Waals surface area contributed by atoms with E-state index in [1.807, 2.05) is 18.2 Å². The van der Waals surface area contributed by atoms with Gasteiger partial charge in [-0.2, -0.15) is 0 Å². The van der Waals surface area contributed by atoms with Gasteiger partial charge < -0.3 is 33.8 Å². The Morgan fingerprint density at radius 2 is 0.519 bits per heavy atom. The second-order valence-corrected chi connectivity index (χ2v) is 28.4. The van der Waals surface area contributed by atoms with Crippen molar-refractivity contribution in [2.24, 2.45) is 0 Å². The predicted molar refractivity (Wildman–Crippen MR) is 426 cm³/mol. The number of ether oxygens (including phenoxy) is 4. The van der Waals surface area contributed by atoms with E-state index in [-0.39, 0.29) is 25.7 Å². The summed E-state index contributed by atoms with van der Waals surface area (Å²) >= 11 is 0. The van der Waals surface area contributed by atoms with E-state index < -0.39 is 97.5 Å². The summed E-state index contributed by atoms with van der Waals surface area (Å²) in [6.45, 7) is 4.35. The highest BCUT2D eigenvalue weighted by atomic mass is 31.2. The van der Waals surface area contributed by atoms with E-state index in [4.69, 9.17) is 37.0 Å². The minimum atomic E-state index is -5.01. The standard InChI is InChI=1S/C85H138O17P2/c1-5-9-13-17-21-25-29-33-37-38-39-40-44-46-50-54-58-62-66-70-83(88)96-76-81(102-85(90)72-68-64-60-56-52-48-43-36-32-28-24-20-16-12-8-4)78-100-104(93,94)98-74-79(86)73-97-103(91,92)99-77-80(101-84(89)71-67-63-59-55-51-47-42-35-31-27-23-19-15-11-7-3)75-95-82(87)69-65-61-57-53-49-45-41-34-30-26-22-18-14-10-6-2/h9-10,12-14,16,21-28,33-37,39-43,46,50,58,62,79-81,86H,5-8,11,15,17-20,29-32,38,44-45,47-49,51-57,59-61,63-78H2,1-4H3,(H,91,92)(H,93,94)/b13-9-,14-10-,16-12-,25-21-,26-22-,27-23-,28-24-,37-33-,40-39-,41-34-,42-35-,43-36-,50-46-,62-58-. The number of carbonyl (C=O) groups excluding carboxylic acids is 4. The minimum Gasteiger partial charge on any atom is -0.462 e. The van der Waals surface area contributed by atoms with Crippen molar-refractivity contribution in [3.63, 3.8) is 0 Å². The summed E-state index contributed by atoms with van der Waals surface area (Å²) in [6.07, 6.45) is 89.2. The molecule has 0 saturated carbocycles. The Morgan fingerprint density at radius 1 is 0.279 bits per heavy atom. The second-order valence-electron chi connectivity index (χ2n) is 25.5. The molecule has 0 heterocycles. The van der Waals surface area contributed by atoms with E-state index in [9.17, 15) is 43.2 Å². The fourth-order valence-electron chi connectivity index (χ4n) is 9.77.